The third-order valence-corrected chi connectivity index (χ3v) is 17.7. The van der Waals surface area contributed by atoms with Gasteiger partial charge in [-0.25, -0.2) is 0 Å². The zero-order chi connectivity index (χ0) is 55.1. The van der Waals surface area contributed by atoms with E-state index in [9.17, 15) is 0 Å². The molecule has 13 aromatic rings. The molecule has 13 aromatic carbocycles. The highest BCUT2D eigenvalue weighted by atomic mass is 16.5. The molecule has 0 saturated carbocycles. The number of hydrogen-bond acceptors (Lipinski definition) is 2. The van der Waals surface area contributed by atoms with Crippen molar-refractivity contribution in [1.82, 2.24) is 0 Å². The van der Waals surface area contributed by atoms with Crippen LogP contribution in [0.1, 0.15) is 61.1 Å². The Balaban J connectivity index is 0.00000285. The second-order valence-corrected chi connectivity index (χ2v) is 22.3. The number of ether oxygens (including phenoxy) is 1. The molecule has 0 radical (unpaired) electrons. The molecule has 2 heteroatoms. The summed E-state index contributed by atoms with van der Waals surface area (Å²) in [5.74, 6) is 1.86. The maximum Gasteiger partial charge on any atom is 0.140 e. The van der Waals surface area contributed by atoms with Crippen LogP contribution in [0.5, 0.6) is 11.5 Å². The van der Waals surface area contributed by atoms with Gasteiger partial charge in [0.2, 0.25) is 0 Å². The summed E-state index contributed by atoms with van der Waals surface area (Å²) in [4.78, 5) is 2.49. The van der Waals surface area contributed by atoms with E-state index in [1.54, 1.807) is 0 Å². The molecule has 1 heterocycles. The number of fused-ring (bicyclic) bond motifs is 16. The molecule has 82 heavy (non-hydrogen) atoms. The highest BCUT2D eigenvalue weighted by molar-refractivity contribution is 6.01. The molecule has 0 amide bonds. The molecule has 1 aliphatic heterocycles. The highest BCUT2D eigenvalue weighted by Gasteiger charge is 2.52. The first-order chi connectivity index (χ1) is 40.4. The molecule has 0 N–H and O–H groups in total. The second-order valence-electron chi connectivity index (χ2n) is 22.3. The molecule has 0 aromatic heterocycles. The van der Waals surface area contributed by atoms with Crippen molar-refractivity contribution in [1.29, 1.82) is 0 Å². The van der Waals surface area contributed by atoms with Gasteiger partial charge in [-0.15, -0.1) is 0 Å². The predicted octanol–water partition coefficient (Wildman–Crippen LogP) is 21.9. The molecular formula is C80H59NO. The minimum Gasteiger partial charge on any atom is -0.455 e. The number of nitrogens with zero attached hydrogens (tertiary/aromatic N) is 1. The average Bonchev–Trinajstić information content (AvgIpc) is 1.57. The Kier molecular flexibility index (Phi) is 11.6. The van der Waals surface area contributed by atoms with Crippen molar-refractivity contribution in [2.75, 3.05) is 4.90 Å². The first kappa shape index (κ1) is 49.1. The Hall–Kier alpha value is -10.0. The summed E-state index contributed by atoms with van der Waals surface area (Å²) in [6.45, 7) is 8.73. The Bertz CT molecular complexity index is 4490. The monoisotopic (exact) mass is 1050 g/mol. The summed E-state index contributed by atoms with van der Waals surface area (Å²) in [5, 5.41) is 4.57. The zero-order valence-electron chi connectivity index (χ0n) is 46.5. The predicted molar refractivity (Wildman–Crippen MR) is 344 cm³/mol. The Labute approximate surface area is 480 Å². The summed E-state index contributed by atoms with van der Waals surface area (Å²) < 4.78 is 7.23. The van der Waals surface area contributed by atoms with E-state index in [2.05, 4.69) is 304 Å². The molecule has 3 aliphatic rings. The zero-order valence-corrected chi connectivity index (χ0v) is 46.5. The van der Waals surface area contributed by atoms with Crippen LogP contribution in [0.2, 0.25) is 0 Å². The highest BCUT2D eigenvalue weighted by Crippen LogP contribution is 2.64. The Morgan fingerprint density at radius 2 is 0.756 bits per heavy atom. The first-order valence-corrected chi connectivity index (χ1v) is 28.9. The minimum absolute atomic E-state index is 0.150. The smallest absolute Gasteiger partial charge is 0.140 e. The van der Waals surface area contributed by atoms with Gasteiger partial charge in [0.05, 0.1) is 11.1 Å². The number of benzene rings is 13. The van der Waals surface area contributed by atoms with Crippen molar-refractivity contribution in [3.8, 4) is 78.3 Å². The standard InChI is InChI=1S/C78H53NO.C2H6/c1-77(2)67-28-15-14-27-66(67)74-69(77)30-17-31-73(74)79(61-47-58(50-18-5-3-6-19-50)46-59(48-61)51-20-7-4-8-21-51)60-41-36-53(37-42-60)52-32-34-54(35-33-52)57-38-43-65-64-26-13-16-29-68(64)78(72(65)49-57)70-44-39-55-22-9-11-24-62(55)75(70)80-76-63-25-12-10-23-56(63)40-45-71(76)78;1-2/h3-49H,1-2H3;1-2H3. The molecule has 0 atom stereocenters. The lowest BCUT2D eigenvalue weighted by Crippen LogP contribution is -2.32. The number of rotatable bonds is 7. The van der Waals surface area contributed by atoms with E-state index in [0.717, 1.165) is 61.2 Å². The fourth-order valence-corrected chi connectivity index (χ4v) is 13.9. The van der Waals surface area contributed by atoms with E-state index < -0.39 is 5.41 Å². The molecular weight excluding hydrogens is 991 g/mol. The molecule has 0 saturated heterocycles. The molecule has 0 bridgehead atoms. The van der Waals surface area contributed by atoms with Gasteiger partial charge in [-0.3, -0.25) is 0 Å². The van der Waals surface area contributed by atoms with Gasteiger partial charge in [-0.1, -0.05) is 270 Å². The summed E-state index contributed by atoms with van der Waals surface area (Å²) >= 11 is 0. The van der Waals surface area contributed by atoms with Crippen molar-refractivity contribution in [3.63, 3.8) is 0 Å². The van der Waals surface area contributed by atoms with Crippen LogP contribution in [-0.4, -0.2) is 0 Å². The second kappa shape index (κ2) is 19.4. The van der Waals surface area contributed by atoms with Crippen molar-refractivity contribution in [2.45, 2.75) is 38.5 Å². The van der Waals surface area contributed by atoms with Gasteiger partial charge in [0.15, 0.2) is 0 Å². The summed E-state index contributed by atoms with van der Waals surface area (Å²) in [5.41, 5.74) is 24.7. The minimum atomic E-state index is -0.611. The van der Waals surface area contributed by atoms with Crippen LogP contribution < -0.4 is 9.64 Å². The van der Waals surface area contributed by atoms with Gasteiger partial charge in [-0.2, -0.15) is 0 Å². The van der Waals surface area contributed by atoms with E-state index in [4.69, 9.17) is 4.74 Å². The van der Waals surface area contributed by atoms with Crippen LogP contribution in [0.4, 0.5) is 17.1 Å². The van der Waals surface area contributed by atoms with Crippen LogP contribution in [0.15, 0.2) is 285 Å². The van der Waals surface area contributed by atoms with Gasteiger partial charge >= 0.3 is 0 Å². The lowest BCUT2D eigenvalue weighted by atomic mass is 9.65. The normalized spacial score (nSPS) is 13.4. The third-order valence-electron chi connectivity index (χ3n) is 17.7. The van der Waals surface area contributed by atoms with Gasteiger partial charge in [0, 0.05) is 44.3 Å². The number of anilines is 3. The van der Waals surface area contributed by atoms with Crippen LogP contribution in [0.25, 0.3) is 88.3 Å². The lowest BCUT2D eigenvalue weighted by Gasteiger charge is -2.40. The topological polar surface area (TPSA) is 12.5 Å². The quantitative estimate of drug-likeness (QED) is 0.158. The van der Waals surface area contributed by atoms with E-state index in [1.165, 1.54) is 89.0 Å². The molecule has 16 rings (SSSR count). The molecule has 2 aliphatic carbocycles. The fraction of sp³-hybridized carbons (Fsp3) is 0.0750. The van der Waals surface area contributed by atoms with Crippen molar-refractivity contribution in [2.24, 2.45) is 0 Å². The van der Waals surface area contributed by atoms with Gasteiger partial charge in [-0.05, 0) is 137 Å². The van der Waals surface area contributed by atoms with E-state index in [0.29, 0.717) is 0 Å². The molecule has 390 valence electrons. The Morgan fingerprint density at radius 3 is 1.37 bits per heavy atom. The Morgan fingerprint density at radius 1 is 0.293 bits per heavy atom. The van der Waals surface area contributed by atoms with Crippen LogP contribution >= 0.6 is 0 Å². The maximum atomic E-state index is 7.23. The van der Waals surface area contributed by atoms with Crippen LogP contribution in [0, 0.1) is 0 Å². The number of hydrogen-bond donors (Lipinski definition) is 0. The van der Waals surface area contributed by atoms with E-state index in [1.807, 2.05) is 13.8 Å². The van der Waals surface area contributed by atoms with E-state index >= 15 is 0 Å². The summed E-state index contributed by atoms with van der Waals surface area (Å²) in [6, 6.07) is 105. The molecule has 0 fully saturated rings. The lowest BCUT2D eigenvalue weighted by molar-refractivity contribution is 0.447. The van der Waals surface area contributed by atoms with Crippen molar-refractivity contribution in [3.05, 3.63) is 318 Å². The van der Waals surface area contributed by atoms with Crippen LogP contribution in [0.3, 0.4) is 0 Å². The van der Waals surface area contributed by atoms with E-state index in [-0.39, 0.29) is 5.41 Å². The maximum absolute atomic E-state index is 7.23. The SMILES string of the molecule is CC.CC1(C)c2ccccc2-c2c(N(c3ccc(-c4ccc(-c5ccc6c(c5)C5(c7ccccc7-6)c6ccc7ccccc7c6Oc6c5ccc5ccccc65)cc4)cc3)c3cc(-c4ccccc4)cc(-c4ccccc4)c3)cccc21. The van der Waals surface area contributed by atoms with Gasteiger partial charge in [0.1, 0.15) is 11.5 Å². The molecule has 0 unspecified atom stereocenters. The van der Waals surface area contributed by atoms with Crippen molar-refractivity contribution >= 4 is 38.6 Å². The summed E-state index contributed by atoms with van der Waals surface area (Å²) in [7, 11) is 0. The third kappa shape index (κ3) is 7.48. The van der Waals surface area contributed by atoms with Gasteiger partial charge < -0.3 is 9.64 Å². The fourth-order valence-electron chi connectivity index (χ4n) is 13.9. The largest absolute Gasteiger partial charge is 0.455 e. The average molecular weight is 1050 g/mol. The molecule has 1 spiro atoms. The summed E-state index contributed by atoms with van der Waals surface area (Å²) in [6.07, 6.45) is 0. The first-order valence-electron chi connectivity index (χ1n) is 28.9. The van der Waals surface area contributed by atoms with Crippen LogP contribution in [-0.2, 0) is 10.8 Å². The van der Waals surface area contributed by atoms with Gasteiger partial charge in [0.25, 0.3) is 0 Å². The molecule has 2 nitrogen and oxygen atoms in total. The van der Waals surface area contributed by atoms with Crippen molar-refractivity contribution < 1.29 is 4.74 Å².